The minimum atomic E-state index is -0.309. The van der Waals surface area contributed by atoms with Gasteiger partial charge in [-0.2, -0.15) is 0 Å². The zero-order valence-electron chi connectivity index (χ0n) is 11.4. The maximum absolute atomic E-state index is 11.4. The molecule has 0 radical (unpaired) electrons. The van der Waals surface area contributed by atoms with Crippen LogP contribution in [0.5, 0.6) is 5.75 Å². The fourth-order valence-electron chi connectivity index (χ4n) is 2.39. The monoisotopic (exact) mass is 298 g/mol. The van der Waals surface area contributed by atoms with Gasteiger partial charge in [0.15, 0.2) is 0 Å². The lowest BCUT2D eigenvalue weighted by atomic mass is 10.2. The fourth-order valence-corrected chi connectivity index (χ4v) is 2.51. The Morgan fingerprint density at radius 2 is 2.15 bits per heavy atom. The van der Waals surface area contributed by atoms with Gasteiger partial charge in [-0.3, -0.25) is 9.69 Å². The molecule has 5 nitrogen and oxygen atoms in total. The van der Waals surface area contributed by atoms with Gasteiger partial charge in [0.2, 0.25) is 5.91 Å². The van der Waals surface area contributed by atoms with Crippen LogP contribution in [-0.2, 0) is 9.53 Å². The molecule has 1 aliphatic rings. The van der Waals surface area contributed by atoms with Gasteiger partial charge < -0.3 is 15.2 Å². The Labute approximate surface area is 123 Å². The first-order valence-corrected chi connectivity index (χ1v) is 6.92. The highest BCUT2D eigenvalue weighted by atomic mass is 35.5. The molecule has 0 spiro atoms. The molecule has 20 heavy (non-hydrogen) atoms. The van der Waals surface area contributed by atoms with E-state index >= 15 is 0 Å². The summed E-state index contributed by atoms with van der Waals surface area (Å²) in [6.07, 6.45) is 0.704. The van der Waals surface area contributed by atoms with Gasteiger partial charge in [-0.05, 0) is 30.7 Å². The molecule has 1 fully saturated rings. The zero-order chi connectivity index (χ0) is 14.5. The first kappa shape index (κ1) is 15.1. The number of amides is 1. The van der Waals surface area contributed by atoms with Crippen molar-refractivity contribution in [1.82, 2.24) is 4.90 Å². The maximum atomic E-state index is 11.4. The van der Waals surface area contributed by atoms with Crippen LogP contribution in [0.2, 0.25) is 5.02 Å². The Kier molecular flexibility index (Phi) is 5.23. The van der Waals surface area contributed by atoms with Crippen LogP contribution in [0, 0.1) is 0 Å². The van der Waals surface area contributed by atoms with E-state index in [-0.39, 0.29) is 18.1 Å². The van der Waals surface area contributed by atoms with Crippen molar-refractivity contribution in [3.05, 3.63) is 29.3 Å². The normalized spacial score (nSPS) is 22.9. The third-order valence-corrected chi connectivity index (χ3v) is 3.74. The number of likely N-dealkylation sites (tertiary alicyclic amines) is 1. The number of benzene rings is 1. The van der Waals surface area contributed by atoms with Crippen molar-refractivity contribution in [2.24, 2.45) is 5.73 Å². The van der Waals surface area contributed by atoms with Gasteiger partial charge >= 0.3 is 0 Å². The topological polar surface area (TPSA) is 64.8 Å². The largest absolute Gasteiger partial charge is 0.492 e. The van der Waals surface area contributed by atoms with E-state index in [0.29, 0.717) is 31.1 Å². The average Bonchev–Trinajstić information content (AvgIpc) is 2.85. The van der Waals surface area contributed by atoms with Crippen molar-refractivity contribution < 1.29 is 14.3 Å². The van der Waals surface area contributed by atoms with Crippen molar-refractivity contribution in [2.75, 3.05) is 26.8 Å². The number of halogens is 1. The summed E-state index contributed by atoms with van der Waals surface area (Å²) in [4.78, 5) is 13.4. The van der Waals surface area contributed by atoms with Crippen LogP contribution in [0.3, 0.4) is 0 Å². The molecular weight excluding hydrogens is 280 g/mol. The highest BCUT2D eigenvalue weighted by Crippen LogP contribution is 2.20. The molecule has 0 aromatic heterocycles. The Morgan fingerprint density at radius 1 is 1.45 bits per heavy atom. The number of rotatable bonds is 6. The molecule has 110 valence electrons. The van der Waals surface area contributed by atoms with E-state index in [2.05, 4.69) is 0 Å². The Morgan fingerprint density at radius 3 is 2.75 bits per heavy atom. The molecule has 1 heterocycles. The SMILES string of the molecule is CO[C@H]1C[C@@H](C(N)=O)N(CCOc2ccc(Cl)cc2)C1. The maximum Gasteiger partial charge on any atom is 0.234 e. The predicted octanol–water partition coefficient (Wildman–Crippen LogP) is 1.29. The number of hydrogen-bond donors (Lipinski definition) is 1. The molecule has 6 heteroatoms. The lowest BCUT2D eigenvalue weighted by molar-refractivity contribution is -0.122. The van der Waals surface area contributed by atoms with Crippen LogP contribution in [-0.4, -0.2) is 49.8 Å². The second kappa shape index (κ2) is 6.92. The summed E-state index contributed by atoms with van der Waals surface area (Å²) >= 11 is 5.81. The van der Waals surface area contributed by atoms with Crippen LogP contribution in [0.1, 0.15) is 6.42 Å². The van der Waals surface area contributed by atoms with Crippen LogP contribution in [0.4, 0.5) is 0 Å². The summed E-state index contributed by atoms with van der Waals surface area (Å²) in [6, 6.07) is 6.92. The van der Waals surface area contributed by atoms with Gasteiger partial charge in [-0.25, -0.2) is 0 Å². The van der Waals surface area contributed by atoms with Crippen molar-refractivity contribution in [2.45, 2.75) is 18.6 Å². The zero-order valence-corrected chi connectivity index (χ0v) is 12.2. The molecule has 1 aromatic rings. The number of ether oxygens (including phenoxy) is 2. The second-order valence-electron chi connectivity index (χ2n) is 4.81. The molecule has 2 rings (SSSR count). The second-order valence-corrected chi connectivity index (χ2v) is 5.25. The minimum absolute atomic E-state index is 0.0584. The van der Waals surface area contributed by atoms with E-state index in [1.807, 2.05) is 17.0 Å². The molecule has 1 saturated heterocycles. The van der Waals surface area contributed by atoms with Crippen LogP contribution in [0.25, 0.3) is 0 Å². The quantitative estimate of drug-likeness (QED) is 0.859. The summed E-state index contributed by atoms with van der Waals surface area (Å²) in [5, 5.41) is 0.675. The van der Waals surface area contributed by atoms with Crippen molar-refractivity contribution in [3.8, 4) is 5.75 Å². The summed E-state index contributed by atoms with van der Waals surface area (Å²) in [5.74, 6) is 0.448. The lowest BCUT2D eigenvalue weighted by Gasteiger charge is -2.21. The molecule has 0 unspecified atom stereocenters. The molecule has 2 atom stereocenters. The highest BCUT2D eigenvalue weighted by molar-refractivity contribution is 6.30. The lowest BCUT2D eigenvalue weighted by Crippen LogP contribution is -2.42. The van der Waals surface area contributed by atoms with Crippen LogP contribution < -0.4 is 10.5 Å². The van der Waals surface area contributed by atoms with Gasteiger partial charge in [0.25, 0.3) is 0 Å². The molecule has 2 N–H and O–H groups in total. The standard InChI is InChI=1S/C14H19ClN2O3/c1-19-12-8-13(14(16)18)17(9-12)6-7-20-11-4-2-10(15)3-5-11/h2-5,12-13H,6-9H2,1H3,(H2,16,18)/t12-,13-/m0/s1. The van der Waals surface area contributed by atoms with Gasteiger partial charge in [0.1, 0.15) is 12.4 Å². The van der Waals surface area contributed by atoms with Crippen molar-refractivity contribution in [3.63, 3.8) is 0 Å². The molecule has 1 aliphatic heterocycles. The molecule has 0 bridgehead atoms. The van der Waals surface area contributed by atoms with Crippen molar-refractivity contribution >= 4 is 17.5 Å². The smallest absolute Gasteiger partial charge is 0.234 e. The van der Waals surface area contributed by atoms with Gasteiger partial charge in [-0.15, -0.1) is 0 Å². The van der Waals surface area contributed by atoms with Crippen molar-refractivity contribution in [1.29, 1.82) is 0 Å². The van der Waals surface area contributed by atoms with E-state index in [9.17, 15) is 4.79 Å². The molecular formula is C14H19ClN2O3. The third kappa shape index (κ3) is 3.85. The van der Waals surface area contributed by atoms with E-state index in [0.717, 1.165) is 5.75 Å². The van der Waals surface area contributed by atoms with Crippen LogP contribution >= 0.6 is 11.6 Å². The Bertz CT molecular complexity index is 452. The number of methoxy groups -OCH3 is 1. The first-order valence-electron chi connectivity index (χ1n) is 6.54. The molecule has 1 aromatic carbocycles. The number of primary amides is 1. The first-order chi connectivity index (χ1) is 9.60. The third-order valence-electron chi connectivity index (χ3n) is 3.49. The van der Waals surface area contributed by atoms with E-state index in [1.165, 1.54) is 0 Å². The van der Waals surface area contributed by atoms with Gasteiger partial charge in [-0.1, -0.05) is 11.6 Å². The number of nitrogens with two attached hydrogens (primary N) is 1. The average molecular weight is 299 g/mol. The number of nitrogens with zero attached hydrogens (tertiary/aromatic N) is 1. The Hall–Kier alpha value is -1.30. The minimum Gasteiger partial charge on any atom is -0.492 e. The predicted molar refractivity (Wildman–Crippen MR) is 76.9 cm³/mol. The van der Waals surface area contributed by atoms with Crippen LogP contribution in [0.15, 0.2) is 24.3 Å². The highest BCUT2D eigenvalue weighted by Gasteiger charge is 2.35. The van der Waals surface area contributed by atoms with E-state index < -0.39 is 0 Å². The molecule has 0 saturated carbocycles. The molecule has 0 aliphatic carbocycles. The van der Waals surface area contributed by atoms with Gasteiger partial charge in [0, 0.05) is 25.2 Å². The summed E-state index contributed by atoms with van der Waals surface area (Å²) in [7, 11) is 1.65. The summed E-state index contributed by atoms with van der Waals surface area (Å²) < 4.78 is 10.9. The Balaban J connectivity index is 1.83. The van der Waals surface area contributed by atoms with Gasteiger partial charge in [0.05, 0.1) is 12.1 Å². The molecule has 1 amide bonds. The summed E-state index contributed by atoms with van der Waals surface area (Å²) in [5.41, 5.74) is 5.41. The number of carbonyl (C=O) groups excluding carboxylic acids is 1. The summed E-state index contributed by atoms with van der Waals surface area (Å²) in [6.45, 7) is 1.83. The fraction of sp³-hybridized carbons (Fsp3) is 0.500. The van der Waals surface area contributed by atoms with E-state index in [1.54, 1.807) is 19.2 Å². The van der Waals surface area contributed by atoms with E-state index in [4.69, 9.17) is 26.8 Å². The number of hydrogen-bond acceptors (Lipinski definition) is 4. The number of carbonyl (C=O) groups is 1.